The topological polar surface area (TPSA) is 84.7 Å². The van der Waals surface area contributed by atoms with Crippen molar-refractivity contribution in [1.82, 2.24) is 25.5 Å². The molecule has 2 N–H and O–H groups in total. The molecule has 1 heterocycles. The molecule has 132 valence electrons. The first-order valence-corrected chi connectivity index (χ1v) is 8.56. The number of carbonyl (C=O) groups is 1. The first-order chi connectivity index (χ1) is 12.0. The Hall–Kier alpha value is -2.61. The van der Waals surface area contributed by atoms with Crippen molar-refractivity contribution in [1.29, 1.82) is 0 Å². The molecule has 0 aliphatic carbocycles. The van der Waals surface area contributed by atoms with Crippen molar-refractivity contribution >= 4 is 35.3 Å². The first kappa shape index (κ1) is 18.7. The number of carbonyl (C=O) groups excluding carboxylic acids is 1. The van der Waals surface area contributed by atoms with Crippen molar-refractivity contribution in [2.45, 2.75) is 39.7 Å². The number of amides is 1. The van der Waals surface area contributed by atoms with Gasteiger partial charge in [-0.25, -0.2) is 4.68 Å². The number of hydrogen-bond donors (Lipinski definition) is 2. The maximum Gasteiger partial charge on any atom is 0.250 e. The van der Waals surface area contributed by atoms with Gasteiger partial charge in [-0.1, -0.05) is 50.1 Å². The maximum absolute atomic E-state index is 12.0. The summed E-state index contributed by atoms with van der Waals surface area (Å²) in [7, 11) is 0. The van der Waals surface area contributed by atoms with Gasteiger partial charge in [0.15, 0.2) is 5.11 Å². The molecular formula is C17H22N6OS. The summed E-state index contributed by atoms with van der Waals surface area (Å²) in [5, 5.41) is 16.8. The largest absolute Gasteiger partial charge is 0.300 e. The molecule has 0 radical (unpaired) electrons. The van der Waals surface area contributed by atoms with Crippen LogP contribution in [0.25, 0.3) is 6.08 Å². The number of hydrogen-bond acceptors (Lipinski definition) is 5. The van der Waals surface area contributed by atoms with Crippen LogP contribution in [0.3, 0.4) is 0 Å². The van der Waals surface area contributed by atoms with Gasteiger partial charge in [0.05, 0.1) is 0 Å². The Bertz CT molecular complexity index is 751. The number of benzene rings is 1. The molecule has 0 atom stereocenters. The summed E-state index contributed by atoms with van der Waals surface area (Å²) < 4.78 is 1.59. The molecule has 1 amide bonds. The quantitative estimate of drug-likeness (QED) is 0.610. The van der Waals surface area contributed by atoms with Gasteiger partial charge in [-0.2, -0.15) is 0 Å². The van der Waals surface area contributed by atoms with Crippen LogP contribution in [-0.4, -0.2) is 31.2 Å². The number of aromatic nitrogens is 4. The van der Waals surface area contributed by atoms with Crippen LogP contribution in [0.4, 0.5) is 5.95 Å². The molecule has 0 saturated carbocycles. The lowest BCUT2D eigenvalue weighted by molar-refractivity contribution is -0.115. The number of nitrogens with zero attached hydrogens (tertiary/aromatic N) is 4. The average Bonchev–Trinajstić information content (AvgIpc) is 3.00. The Morgan fingerprint density at radius 3 is 2.68 bits per heavy atom. The van der Waals surface area contributed by atoms with Crippen molar-refractivity contribution in [2.75, 3.05) is 5.32 Å². The smallest absolute Gasteiger partial charge is 0.250 e. The van der Waals surface area contributed by atoms with Crippen LogP contribution < -0.4 is 10.6 Å². The summed E-state index contributed by atoms with van der Waals surface area (Å²) in [6, 6.07) is 8.08. The third-order valence-electron chi connectivity index (χ3n) is 3.46. The predicted octanol–water partition coefficient (Wildman–Crippen LogP) is 2.73. The number of nitrogens with one attached hydrogen (secondary N) is 2. The molecule has 2 rings (SSSR count). The number of thiocarbonyl (C=S) groups is 1. The van der Waals surface area contributed by atoms with Gasteiger partial charge < -0.3 is 0 Å². The SMILES string of the molecule is CCCn1nnnc1NC(=S)NC(=O)C=Cc1ccc(C(C)C)cc1. The zero-order valence-electron chi connectivity index (χ0n) is 14.6. The highest BCUT2D eigenvalue weighted by atomic mass is 32.1. The van der Waals surface area contributed by atoms with Gasteiger partial charge in [-0.3, -0.25) is 15.4 Å². The average molecular weight is 358 g/mol. The Morgan fingerprint density at radius 2 is 2.04 bits per heavy atom. The zero-order valence-corrected chi connectivity index (χ0v) is 15.4. The fourth-order valence-electron chi connectivity index (χ4n) is 2.11. The van der Waals surface area contributed by atoms with Crippen LogP contribution in [-0.2, 0) is 11.3 Å². The summed E-state index contributed by atoms with van der Waals surface area (Å²) in [5.41, 5.74) is 2.21. The monoisotopic (exact) mass is 358 g/mol. The van der Waals surface area contributed by atoms with Gasteiger partial charge in [0.1, 0.15) is 0 Å². The molecule has 0 unspecified atom stereocenters. The lowest BCUT2D eigenvalue weighted by Crippen LogP contribution is -2.33. The van der Waals surface area contributed by atoms with Crippen LogP contribution in [0, 0.1) is 0 Å². The van der Waals surface area contributed by atoms with E-state index in [0.717, 1.165) is 12.0 Å². The number of tetrazole rings is 1. The van der Waals surface area contributed by atoms with Crippen LogP contribution >= 0.6 is 12.2 Å². The second-order valence-electron chi connectivity index (χ2n) is 5.82. The maximum atomic E-state index is 12.0. The third kappa shape index (κ3) is 5.75. The van der Waals surface area contributed by atoms with Crippen LogP contribution in [0.1, 0.15) is 44.2 Å². The third-order valence-corrected chi connectivity index (χ3v) is 3.66. The molecule has 0 spiro atoms. The lowest BCUT2D eigenvalue weighted by Gasteiger charge is -2.07. The van der Waals surface area contributed by atoms with E-state index in [1.165, 1.54) is 11.6 Å². The van der Waals surface area contributed by atoms with E-state index in [1.807, 2.05) is 19.1 Å². The van der Waals surface area contributed by atoms with Gasteiger partial charge in [0.2, 0.25) is 11.9 Å². The number of rotatable bonds is 6. The van der Waals surface area contributed by atoms with Crippen LogP contribution in [0.5, 0.6) is 0 Å². The summed E-state index contributed by atoms with van der Waals surface area (Å²) in [5.74, 6) is 0.564. The molecule has 0 saturated heterocycles. The van der Waals surface area contributed by atoms with Gasteiger partial charge in [0.25, 0.3) is 0 Å². The summed E-state index contributed by atoms with van der Waals surface area (Å²) in [4.78, 5) is 12.0. The van der Waals surface area contributed by atoms with Gasteiger partial charge in [-0.05, 0) is 52.2 Å². The summed E-state index contributed by atoms with van der Waals surface area (Å²) in [6.45, 7) is 6.97. The predicted molar refractivity (Wildman–Crippen MR) is 102 cm³/mol. The Balaban J connectivity index is 1.88. The van der Waals surface area contributed by atoms with Crippen molar-refractivity contribution < 1.29 is 4.79 Å². The van der Waals surface area contributed by atoms with E-state index >= 15 is 0 Å². The molecule has 0 aliphatic rings. The normalized spacial score (nSPS) is 11.0. The molecule has 0 aliphatic heterocycles. The van der Waals surface area contributed by atoms with E-state index in [2.05, 4.69) is 52.1 Å². The van der Waals surface area contributed by atoms with Gasteiger partial charge in [-0.15, -0.1) is 0 Å². The minimum Gasteiger partial charge on any atom is -0.300 e. The molecular weight excluding hydrogens is 336 g/mol. The van der Waals surface area contributed by atoms with Crippen molar-refractivity contribution in [3.8, 4) is 0 Å². The Morgan fingerprint density at radius 1 is 1.32 bits per heavy atom. The summed E-state index contributed by atoms with van der Waals surface area (Å²) in [6.07, 6.45) is 4.06. The molecule has 0 bridgehead atoms. The highest BCUT2D eigenvalue weighted by Gasteiger charge is 2.08. The minimum atomic E-state index is -0.319. The molecule has 0 fully saturated rings. The Kier molecular flexibility index (Phi) is 6.76. The Labute approximate surface area is 152 Å². The van der Waals surface area contributed by atoms with Crippen molar-refractivity contribution in [2.24, 2.45) is 0 Å². The van der Waals surface area contributed by atoms with E-state index in [4.69, 9.17) is 12.2 Å². The molecule has 2 aromatic rings. The fraction of sp³-hybridized carbons (Fsp3) is 0.353. The van der Waals surface area contributed by atoms with E-state index in [-0.39, 0.29) is 11.0 Å². The van der Waals surface area contributed by atoms with E-state index in [0.29, 0.717) is 18.4 Å². The zero-order chi connectivity index (χ0) is 18.2. The molecule has 8 heteroatoms. The second-order valence-corrected chi connectivity index (χ2v) is 6.23. The molecule has 1 aromatic heterocycles. The summed E-state index contributed by atoms with van der Waals surface area (Å²) >= 11 is 5.11. The number of aryl methyl sites for hydroxylation is 1. The molecule has 1 aromatic carbocycles. The van der Waals surface area contributed by atoms with Crippen LogP contribution in [0.15, 0.2) is 30.3 Å². The highest BCUT2D eigenvalue weighted by Crippen LogP contribution is 2.15. The van der Waals surface area contributed by atoms with E-state index < -0.39 is 0 Å². The van der Waals surface area contributed by atoms with Crippen LogP contribution in [0.2, 0.25) is 0 Å². The standard InChI is InChI=1S/C17H22N6OS/c1-4-11-23-16(20-21-22-23)19-17(25)18-15(24)10-7-13-5-8-14(9-6-13)12(2)3/h5-10,12H,4,11H2,1-3H3,(H2,18,19,20,22,24,25). The van der Waals surface area contributed by atoms with Gasteiger partial charge in [0, 0.05) is 12.6 Å². The molecule has 25 heavy (non-hydrogen) atoms. The van der Waals surface area contributed by atoms with E-state index in [1.54, 1.807) is 10.8 Å². The van der Waals surface area contributed by atoms with Crippen molar-refractivity contribution in [3.63, 3.8) is 0 Å². The first-order valence-electron chi connectivity index (χ1n) is 8.15. The minimum absolute atomic E-state index is 0.150. The van der Waals surface area contributed by atoms with E-state index in [9.17, 15) is 4.79 Å². The number of anilines is 1. The second kappa shape index (κ2) is 9.03. The fourth-order valence-corrected chi connectivity index (χ4v) is 2.30. The van der Waals surface area contributed by atoms with Gasteiger partial charge >= 0.3 is 0 Å². The highest BCUT2D eigenvalue weighted by molar-refractivity contribution is 7.80. The lowest BCUT2D eigenvalue weighted by atomic mass is 10.0. The van der Waals surface area contributed by atoms with Crippen molar-refractivity contribution in [3.05, 3.63) is 41.5 Å². The molecule has 7 nitrogen and oxygen atoms in total.